The molecule has 150 valence electrons. The number of fused-ring (bicyclic) bond motifs is 1. The molecule has 5 nitrogen and oxygen atoms in total. The van der Waals surface area contributed by atoms with Crippen LogP contribution in [0.1, 0.15) is 18.4 Å². The lowest BCUT2D eigenvalue weighted by Gasteiger charge is -2.15. The van der Waals surface area contributed by atoms with Crippen LogP contribution in [-0.4, -0.2) is 36.9 Å². The molecule has 3 aromatic rings. The van der Waals surface area contributed by atoms with Gasteiger partial charge in [0.1, 0.15) is 5.75 Å². The van der Waals surface area contributed by atoms with Gasteiger partial charge in [0.2, 0.25) is 0 Å². The Hall–Kier alpha value is -2.89. The molecule has 1 aliphatic heterocycles. The highest BCUT2D eigenvalue weighted by molar-refractivity contribution is 5.98. The molecule has 1 heterocycles. The van der Waals surface area contributed by atoms with Crippen molar-refractivity contribution < 1.29 is 19.4 Å². The predicted molar refractivity (Wildman–Crippen MR) is 113 cm³/mol. The maximum absolute atomic E-state index is 12.2. The highest BCUT2D eigenvalue weighted by Crippen LogP contribution is 2.35. The van der Waals surface area contributed by atoms with Crippen LogP contribution in [0, 0.1) is 0 Å². The van der Waals surface area contributed by atoms with Crippen LogP contribution in [0.3, 0.4) is 0 Å². The van der Waals surface area contributed by atoms with Crippen LogP contribution in [0.2, 0.25) is 0 Å². The quantitative estimate of drug-likeness (QED) is 0.645. The Morgan fingerprint density at radius 3 is 2.76 bits per heavy atom. The number of nitrogens with one attached hydrogen (secondary N) is 1. The number of carbonyl (C=O) groups is 1. The average molecular weight is 391 g/mol. The molecule has 0 aromatic heterocycles. The Labute approximate surface area is 170 Å². The van der Waals surface area contributed by atoms with E-state index < -0.39 is 0 Å². The second kappa shape index (κ2) is 9.07. The van der Waals surface area contributed by atoms with Crippen molar-refractivity contribution >= 4 is 16.7 Å². The first-order valence-corrected chi connectivity index (χ1v) is 9.97. The molecule has 1 amide bonds. The van der Waals surface area contributed by atoms with Gasteiger partial charge in [0, 0.05) is 13.2 Å². The summed E-state index contributed by atoms with van der Waals surface area (Å²) in [5, 5.41) is 14.7. The number of aliphatic hydroxyl groups excluding tert-OH is 1. The fourth-order valence-corrected chi connectivity index (χ4v) is 3.74. The molecule has 1 aliphatic rings. The molecule has 29 heavy (non-hydrogen) atoms. The summed E-state index contributed by atoms with van der Waals surface area (Å²) in [6.45, 7) is 1.20. The molecule has 1 fully saturated rings. The highest BCUT2D eigenvalue weighted by Gasteiger charge is 2.16. The summed E-state index contributed by atoms with van der Waals surface area (Å²) in [5.74, 6) is 0.463. The van der Waals surface area contributed by atoms with E-state index in [4.69, 9.17) is 9.47 Å². The maximum atomic E-state index is 12.2. The van der Waals surface area contributed by atoms with E-state index >= 15 is 0 Å². The van der Waals surface area contributed by atoms with Gasteiger partial charge in [-0.1, -0.05) is 48.5 Å². The first-order chi connectivity index (χ1) is 14.2. The van der Waals surface area contributed by atoms with Gasteiger partial charge in [-0.3, -0.25) is 4.79 Å². The molecule has 0 bridgehead atoms. The molecule has 1 unspecified atom stereocenters. The summed E-state index contributed by atoms with van der Waals surface area (Å²) in [4.78, 5) is 12.2. The van der Waals surface area contributed by atoms with Crippen LogP contribution in [-0.2, 0) is 16.1 Å². The third-order valence-corrected chi connectivity index (χ3v) is 5.23. The number of aliphatic hydroxyl groups is 1. The lowest BCUT2D eigenvalue weighted by Crippen LogP contribution is -2.35. The molecule has 1 atom stereocenters. The molecule has 0 spiro atoms. The number of rotatable bonds is 7. The molecular weight excluding hydrogens is 366 g/mol. The third-order valence-electron chi connectivity index (χ3n) is 5.23. The van der Waals surface area contributed by atoms with Gasteiger partial charge in [0.05, 0.1) is 12.7 Å². The van der Waals surface area contributed by atoms with Crippen molar-refractivity contribution in [1.82, 2.24) is 5.32 Å². The normalized spacial score (nSPS) is 16.1. The maximum Gasteiger partial charge on any atom is 0.258 e. The molecule has 2 N–H and O–H groups in total. The summed E-state index contributed by atoms with van der Waals surface area (Å²) in [5.41, 5.74) is 2.78. The fourth-order valence-electron chi connectivity index (χ4n) is 3.74. The minimum atomic E-state index is -0.161. The lowest BCUT2D eigenvalue weighted by molar-refractivity contribution is -0.123. The van der Waals surface area contributed by atoms with Crippen molar-refractivity contribution in [3.05, 3.63) is 66.2 Å². The topological polar surface area (TPSA) is 67.8 Å². The van der Waals surface area contributed by atoms with Gasteiger partial charge in [-0.2, -0.15) is 0 Å². The molecule has 1 saturated heterocycles. The zero-order valence-electron chi connectivity index (χ0n) is 16.3. The number of hydrogen-bond acceptors (Lipinski definition) is 4. The molecule has 0 saturated carbocycles. The first kappa shape index (κ1) is 19.4. The van der Waals surface area contributed by atoms with E-state index in [0.29, 0.717) is 12.3 Å². The van der Waals surface area contributed by atoms with Crippen LogP contribution in [0.15, 0.2) is 60.7 Å². The van der Waals surface area contributed by atoms with Gasteiger partial charge < -0.3 is 19.9 Å². The number of carbonyl (C=O) groups excluding carboxylic acids is 1. The standard InChI is InChI=1S/C24H25NO4/c26-15-18-7-2-4-10-22(18)23-13-20(12-17-6-1-3-9-21(17)23)29-16-24(27)25-14-19-8-5-11-28-19/h1-4,6-7,9-10,12-13,19,26H,5,8,11,14-16H2,(H,25,27). The van der Waals surface area contributed by atoms with Gasteiger partial charge in [-0.25, -0.2) is 0 Å². The van der Waals surface area contributed by atoms with Crippen molar-refractivity contribution in [2.24, 2.45) is 0 Å². The Morgan fingerprint density at radius 1 is 1.10 bits per heavy atom. The van der Waals surface area contributed by atoms with E-state index in [0.717, 1.165) is 46.9 Å². The molecule has 0 radical (unpaired) electrons. The Balaban J connectivity index is 1.55. The third kappa shape index (κ3) is 4.58. The molecule has 0 aliphatic carbocycles. The SMILES string of the molecule is O=C(COc1cc(-c2ccccc2CO)c2ccccc2c1)NCC1CCCO1. The van der Waals surface area contributed by atoms with E-state index in [1.807, 2.05) is 54.6 Å². The van der Waals surface area contributed by atoms with E-state index in [2.05, 4.69) is 11.4 Å². The van der Waals surface area contributed by atoms with E-state index in [9.17, 15) is 9.90 Å². The fraction of sp³-hybridized carbons (Fsp3) is 0.292. The Kier molecular flexibility index (Phi) is 6.08. The van der Waals surface area contributed by atoms with Crippen LogP contribution in [0.5, 0.6) is 5.75 Å². The molecular formula is C24H25NO4. The van der Waals surface area contributed by atoms with Crippen LogP contribution >= 0.6 is 0 Å². The van der Waals surface area contributed by atoms with Crippen molar-refractivity contribution in [2.75, 3.05) is 19.8 Å². The Morgan fingerprint density at radius 2 is 1.93 bits per heavy atom. The second-order valence-electron chi connectivity index (χ2n) is 7.24. The van der Waals surface area contributed by atoms with Crippen molar-refractivity contribution in [3.63, 3.8) is 0 Å². The summed E-state index contributed by atoms with van der Waals surface area (Å²) in [7, 11) is 0. The van der Waals surface area contributed by atoms with E-state index in [1.54, 1.807) is 0 Å². The molecule has 4 rings (SSSR count). The summed E-state index contributed by atoms with van der Waals surface area (Å²) in [6, 6.07) is 19.7. The van der Waals surface area contributed by atoms with Gasteiger partial charge in [-0.05, 0) is 52.4 Å². The zero-order chi connectivity index (χ0) is 20.1. The van der Waals surface area contributed by atoms with Gasteiger partial charge in [0.25, 0.3) is 5.91 Å². The summed E-state index contributed by atoms with van der Waals surface area (Å²) < 4.78 is 11.3. The van der Waals surface area contributed by atoms with Crippen LogP contribution in [0.4, 0.5) is 0 Å². The second-order valence-corrected chi connectivity index (χ2v) is 7.24. The minimum Gasteiger partial charge on any atom is -0.484 e. The van der Waals surface area contributed by atoms with E-state index in [-0.39, 0.29) is 25.2 Å². The van der Waals surface area contributed by atoms with Crippen LogP contribution in [0.25, 0.3) is 21.9 Å². The largest absolute Gasteiger partial charge is 0.484 e. The van der Waals surface area contributed by atoms with Gasteiger partial charge in [-0.15, -0.1) is 0 Å². The Bertz CT molecular complexity index is 995. The lowest BCUT2D eigenvalue weighted by atomic mass is 9.94. The van der Waals surface area contributed by atoms with Crippen molar-refractivity contribution in [1.29, 1.82) is 0 Å². The first-order valence-electron chi connectivity index (χ1n) is 9.97. The van der Waals surface area contributed by atoms with Crippen LogP contribution < -0.4 is 10.1 Å². The van der Waals surface area contributed by atoms with Crippen molar-refractivity contribution in [3.8, 4) is 16.9 Å². The minimum absolute atomic E-state index is 0.0404. The molecule has 3 aromatic carbocycles. The number of hydrogen-bond donors (Lipinski definition) is 2. The smallest absolute Gasteiger partial charge is 0.258 e. The van der Waals surface area contributed by atoms with Crippen molar-refractivity contribution in [2.45, 2.75) is 25.6 Å². The van der Waals surface area contributed by atoms with Gasteiger partial charge >= 0.3 is 0 Å². The highest BCUT2D eigenvalue weighted by atomic mass is 16.5. The van der Waals surface area contributed by atoms with E-state index in [1.165, 1.54) is 0 Å². The number of benzene rings is 3. The average Bonchev–Trinajstić information content (AvgIpc) is 3.29. The predicted octanol–water partition coefficient (Wildman–Crippen LogP) is 3.67. The summed E-state index contributed by atoms with van der Waals surface area (Å²) in [6.07, 6.45) is 2.15. The molecule has 5 heteroatoms. The number of amides is 1. The number of ether oxygens (including phenoxy) is 2. The summed E-state index contributed by atoms with van der Waals surface area (Å²) >= 11 is 0. The zero-order valence-corrected chi connectivity index (χ0v) is 16.3. The van der Waals surface area contributed by atoms with Gasteiger partial charge in [0.15, 0.2) is 6.61 Å². The monoisotopic (exact) mass is 391 g/mol.